The predicted molar refractivity (Wildman–Crippen MR) is 207 cm³/mol. The molecule has 3 heterocycles. The van der Waals surface area contributed by atoms with Gasteiger partial charge >= 0.3 is 0 Å². The van der Waals surface area contributed by atoms with Gasteiger partial charge < -0.3 is 4.42 Å². The summed E-state index contributed by atoms with van der Waals surface area (Å²) >= 11 is 0. The molecule has 10 rings (SSSR count). The van der Waals surface area contributed by atoms with Gasteiger partial charge in [-0.05, 0) is 28.6 Å². The normalized spacial score (nSPS) is 11.5. The van der Waals surface area contributed by atoms with E-state index in [4.69, 9.17) is 24.4 Å². The standard InChI is InChI=1S/C46H28N4O/c1-3-13-31(14-4-1)44-48-45(32-15-5-2-6-16-32)50-46(49-44)33-24-22-29(23-25-33)34-17-11-18-35(28-34)41-43-40(37-20-9-10-21-39(37)51-43)38-27-26-30-12-7-8-19-36(30)42(38)47-41/h1-28H. The van der Waals surface area contributed by atoms with E-state index in [9.17, 15) is 0 Å². The van der Waals surface area contributed by atoms with Crippen molar-refractivity contribution in [2.75, 3.05) is 0 Å². The second-order valence-corrected chi connectivity index (χ2v) is 12.6. The Kier molecular flexibility index (Phi) is 6.74. The van der Waals surface area contributed by atoms with Crippen LogP contribution in [0.2, 0.25) is 0 Å². The highest BCUT2D eigenvalue weighted by Crippen LogP contribution is 2.41. The molecule has 0 aliphatic heterocycles. The third-order valence-corrected chi connectivity index (χ3v) is 9.52. The van der Waals surface area contributed by atoms with E-state index in [-0.39, 0.29) is 0 Å². The molecular formula is C46H28N4O. The highest BCUT2D eigenvalue weighted by Gasteiger charge is 2.19. The summed E-state index contributed by atoms with van der Waals surface area (Å²) in [5, 5.41) is 5.56. The third kappa shape index (κ3) is 5.03. The summed E-state index contributed by atoms with van der Waals surface area (Å²) in [6.07, 6.45) is 0. The molecule has 10 aromatic rings. The number of hydrogen-bond acceptors (Lipinski definition) is 5. The van der Waals surface area contributed by atoms with E-state index in [2.05, 4.69) is 97.1 Å². The van der Waals surface area contributed by atoms with Gasteiger partial charge in [0, 0.05) is 43.8 Å². The highest BCUT2D eigenvalue weighted by atomic mass is 16.3. The Balaban J connectivity index is 1.09. The summed E-state index contributed by atoms with van der Waals surface area (Å²) in [5.41, 5.74) is 9.40. The number of pyridine rings is 1. The fourth-order valence-corrected chi connectivity index (χ4v) is 7.01. The Labute approximate surface area is 293 Å². The summed E-state index contributed by atoms with van der Waals surface area (Å²) in [7, 11) is 0. The Morgan fingerprint density at radius 2 is 0.902 bits per heavy atom. The molecule has 51 heavy (non-hydrogen) atoms. The van der Waals surface area contributed by atoms with E-state index in [0.717, 1.165) is 82.7 Å². The zero-order valence-electron chi connectivity index (χ0n) is 27.4. The maximum Gasteiger partial charge on any atom is 0.164 e. The van der Waals surface area contributed by atoms with Gasteiger partial charge in [0.1, 0.15) is 11.3 Å². The van der Waals surface area contributed by atoms with Crippen LogP contribution in [0.15, 0.2) is 174 Å². The lowest BCUT2D eigenvalue weighted by Gasteiger charge is -2.11. The Morgan fingerprint density at radius 3 is 1.61 bits per heavy atom. The van der Waals surface area contributed by atoms with Gasteiger partial charge in [-0.1, -0.05) is 158 Å². The molecule has 0 aliphatic carbocycles. The molecule has 238 valence electrons. The van der Waals surface area contributed by atoms with Crippen LogP contribution < -0.4 is 0 Å². The van der Waals surface area contributed by atoms with Crippen molar-refractivity contribution < 1.29 is 4.42 Å². The number of aromatic nitrogens is 4. The maximum atomic E-state index is 6.57. The average molecular weight is 653 g/mol. The molecule has 0 aliphatic rings. The molecule has 0 spiro atoms. The smallest absolute Gasteiger partial charge is 0.164 e. The van der Waals surface area contributed by atoms with Crippen LogP contribution in [0.3, 0.4) is 0 Å². The number of rotatable bonds is 5. The summed E-state index contributed by atoms with van der Waals surface area (Å²) < 4.78 is 6.57. The van der Waals surface area contributed by atoms with E-state index in [1.54, 1.807) is 0 Å². The van der Waals surface area contributed by atoms with Crippen molar-refractivity contribution >= 4 is 43.6 Å². The van der Waals surface area contributed by atoms with Crippen molar-refractivity contribution in [3.63, 3.8) is 0 Å². The summed E-state index contributed by atoms with van der Waals surface area (Å²) in [6, 6.07) is 58.1. The van der Waals surface area contributed by atoms with Crippen molar-refractivity contribution in [3.05, 3.63) is 170 Å². The topological polar surface area (TPSA) is 64.7 Å². The Hall–Kier alpha value is -6.98. The van der Waals surface area contributed by atoms with Gasteiger partial charge in [0.25, 0.3) is 0 Å². The summed E-state index contributed by atoms with van der Waals surface area (Å²) in [6.45, 7) is 0. The fourth-order valence-electron chi connectivity index (χ4n) is 7.01. The van der Waals surface area contributed by atoms with E-state index in [1.165, 1.54) is 0 Å². The SMILES string of the molecule is c1ccc(-c2nc(-c3ccccc3)nc(-c3ccc(-c4cccc(-c5nc6c7ccccc7ccc6c6c5oc5ccccc56)c4)cc3)n2)cc1. The Morgan fingerprint density at radius 1 is 0.353 bits per heavy atom. The lowest BCUT2D eigenvalue weighted by molar-refractivity contribution is 0.669. The molecule has 5 nitrogen and oxygen atoms in total. The first-order chi connectivity index (χ1) is 25.3. The maximum absolute atomic E-state index is 6.57. The lowest BCUT2D eigenvalue weighted by Crippen LogP contribution is -2.00. The molecule has 0 unspecified atom stereocenters. The van der Waals surface area contributed by atoms with Crippen LogP contribution in [0.4, 0.5) is 0 Å². The van der Waals surface area contributed by atoms with Crippen LogP contribution in [-0.4, -0.2) is 19.9 Å². The number of furan rings is 1. The van der Waals surface area contributed by atoms with E-state index in [0.29, 0.717) is 17.5 Å². The molecule has 0 radical (unpaired) electrons. The quantitative estimate of drug-likeness (QED) is 0.173. The Bertz CT molecular complexity index is 2840. The molecular weight excluding hydrogens is 625 g/mol. The van der Waals surface area contributed by atoms with E-state index in [1.807, 2.05) is 72.8 Å². The van der Waals surface area contributed by atoms with Gasteiger partial charge in [-0.25, -0.2) is 19.9 Å². The van der Waals surface area contributed by atoms with Crippen LogP contribution >= 0.6 is 0 Å². The number of para-hydroxylation sites is 1. The molecule has 0 bridgehead atoms. The highest BCUT2D eigenvalue weighted by molar-refractivity contribution is 6.24. The molecule has 7 aromatic carbocycles. The fraction of sp³-hybridized carbons (Fsp3) is 0. The minimum Gasteiger partial charge on any atom is -0.454 e. The van der Waals surface area contributed by atoms with Gasteiger partial charge in [-0.15, -0.1) is 0 Å². The number of nitrogens with zero attached hydrogens (tertiary/aromatic N) is 4. The van der Waals surface area contributed by atoms with E-state index >= 15 is 0 Å². The van der Waals surface area contributed by atoms with Gasteiger partial charge in [-0.3, -0.25) is 0 Å². The summed E-state index contributed by atoms with van der Waals surface area (Å²) in [5.74, 6) is 1.91. The second kappa shape index (κ2) is 11.9. The van der Waals surface area contributed by atoms with Crippen LogP contribution in [0.25, 0.3) is 100 Å². The largest absolute Gasteiger partial charge is 0.454 e. The zero-order chi connectivity index (χ0) is 33.7. The molecule has 0 fully saturated rings. The molecule has 3 aromatic heterocycles. The molecule has 0 amide bonds. The van der Waals surface area contributed by atoms with Crippen molar-refractivity contribution in [2.45, 2.75) is 0 Å². The van der Waals surface area contributed by atoms with Gasteiger partial charge in [0.05, 0.1) is 5.52 Å². The predicted octanol–water partition coefficient (Wildman–Crippen LogP) is 11.8. The van der Waals surface area contributed by atoms with Crippen molar-refractivity contribution in [1.29, 1.82) is 0 Å². The number of hydrogen-bond donors (Lipinski definition) is 0. The zero-order valence-corrected chi connectivity index (χ0v) is 27.4. The van der Waals surface area contributed by atoms with Crippen LogP contribution in [0, 0.1) is 0 Å². The second-order valence-electron chi connectivity index (χ2n) is 12.6. The lowest BCUT2D eigenvalue weighted by atomic mass is 9.97. The first-order valence-electron chi connectivity index (χ1n) is 17.0. The van der Waals surface area contributed by atoms with E-state index < -0.39 is 0 Å². The molecule has 5 heteroatoms. The third-order valence-electron chi connectivity index (χ3n) is 9.52. The minimum atomic E-state index is 0.628. The van der Waals surface area contributed by atoms with Gasteiger partial charge in [-0.2, -0.15) is 0 Å². The molecule has 0 atom stereocenters. The van der Waals surface area contributed by atoms with Gasteiger partial charge in [0.15, 0.2) is 23.1 Å². The van der Waals surface area contributed by atoms with Crippen LogP contribution in [-0.2, 0) is 0 Å². The van der Waals surface area contributed by atoms with Gasteiger partial charge in [0.2, 0.25) is 0 Å². The number of benzene rings is 7. The van der Waals surface area contributed by atoms with Crippen molar-refractivity contribution in [1.82, 2.24) is 19.9 Å². The van der Waals surface area contributed by atoms with Crippen LogP contribution in [0.1, 0.15) is 0 Å². The monoisotopic (exact) mass is 652 g/mol. The van der Waals surface area contributed by atoms with Crippen LogP contribution in [0.5, 0.6) is 0 Å². The molecule has 0 saturated carbocycles. The average Bonchev–Trinajstić information content (AvgIpc) is 3.61. The van der Waals surface area contributed by atoms with Crippen molar-refractivity contribution in [2.24, 2.45) is 0 Å². The first-order valence-corrected chi connectivity index (χ1v) is 17.0. The molecule has 0 saturated heterocycles. The van der Waals surface area contributed by atoms with Crippen molar-refractivity contribution in [3.8, 4) is 56.5 Å². The summed E-state index contributed by atoms with van der Waals surface area (Å²) in [4.78, 5) is 20.0. The molecule has 0 N–H and O–H groups in total. The number of fused-ring (bicyclic) bond motifs is 7. The minimum absolute atomic E-state index is 0.628. The first kappa shape index (κ1) is 29.0.